The summed E-state index contributed by atoms with van der Waals surface area (Å²) in [7, 11) is 0. The average Bonchev–Trinajstić information content (AvgIpc) is 2.86. The molecule has 5 nitrogen and oxygen atoms in total. The molecule has 0 bridgehead atoms. The van der Waals surface area contributed by atoms with Crippen molar-refractivity contribution in [3.63, 3.8) is 0 Å². The standard InChI is InChI=1S/C10H8F3N3O2/c11-10(12,13)6-16-5-7(4-14-16)15-9(17)8-2-1-3-18-8/h1-5H,6H2,(H,15,17). The Labute approximate surface area is 99.2 Å². The maximum absolute atomic E-state index is 12.1. The Hall–Kier alpha value is -2.25. The molecule has 0 saturated heterocycles. The number of halogens is 3. The SMILES string of the molecule is O=C(Nc1cnn(CC(F)(F)F)c1)c1ccco1. The molecule has 2 aromatic heterocycles. The first kappa shape index (κ1) is 12.2. The van der Waals surface area contributed by atoms with Crippen LogP contribution in [0.15, 0.2) is 35.2 Å². The molecule has 0 atom stereocenters. The lowest BCUT2D eigenvalue weighted by Gasteiger charge is -2.05. The summed E-state index contributed by atoms with van der Waals surface area (Å²) in [6.07, 6.45) is -0.808. The molecule has 1 N–H and O–H groups in total. The highest BCUT2D eigenvalue weighted by molar-refractivity contribution is 6.02. The average molecular weight is 259 g/mol. The van der Waals surface area contributed by atoms with Gasteiger partial charge < -0.3 is 9.73 Å². The molecule has 0 aliphatic heterocycles. The fourth-order valence-electron chi connectivity index (χ4n) is 1.30. The van der Waals surface area contributed by atoms with Crippen LogP contribution in [0.5, 0.6) is 0 Å². The van der Waals surface area contributed by atoms with E-state index in [-0.39, 0.29) is 11.4 Å². The lowest BCUT2D eigenvalue weighted by atomic mass is 10.4. The predicted octanol–water partition coefficient (Wildman–Crippen LogP) is 2.29. The van der Waals surface area contributed by atoms with Gasteiger partial charge in [-0.05, 0) is 12.1 Å². The molecular weight excluding hydrogens is 251 g/mol. The minimum absolute atomic E-state index is 0.0681. The van der Waals surface area contributed by atoms with Gasteiger partial charge in [-0.1, -0.05) is 0 Å². The molecule has 0 spiro atoms. The first-order chi connectivity index (χ1) is 8.44. The highest BCUT2D eigenvalue weighted by Crippen LogP contribution is 2.18. The van der Waals surface area contributed by atoms with Gasteiger partial charge in [-0.25, -0.2) is 0 Å². The Morgan fingerprint density at radius 1 is 1.50 bits per heavy atom. The summed E-state index contributed by atoms with van der Waals surface area (Å²) in [5, 5.41) is 5.85. The topological polar surface area (TPSA) is 60.1 Å². The number of furan rings is 1. The molecule has 0 unspecified atom stereocenters. The lowest BCUT2D eigenvalue weighted by Crippen LogP contribution is -2.17. The van der Waals surface area contributed by atoms with Crippen LogP contribution in [-0.4, -0.2) is 21.9 Å². The number of alkyl halides is 3. The van der Waals surface area contributed by atoms with Crippen LogP contribution in [0.25, 0.3) is 0 Å². The van der Waals surface area contributed by atoms with Gasteiger partial charge >= 0.3 is 6.18 Å². The van der Waals surface area contributed by atoms with Crippen molar-refractivity contribution in [3.05, 3.63) is 36.5 Å². The van der Waals surface area contributed by atoms with Crippen molar-refractivity contribution in [1.82, 2.24) is 9.78 Å². The van der Waals surface area contributed by atoms with E-state index in [2.05, 4.69) is 10.4 Å². The third-order valence-corrected chi connectivity index (χ3v) is 1.98. The van der Waals surface area contributed by atoms with E-state index >= 15 is 0 Å². The lowest BCUT2D eigenvalue weighted by molar-refractivity contribution is -0.142. The molecule has 8 heteroatoms. The highest BCUT2D eigenvalue weighted by atomic mass is 19.4. The van der Waals surface area contributed by atoms with Crippen LogP contribution in [0.4, 0.5) is 18.9 Å². The minimum Gasteiger partial charge on any atom is -0.459 e. The van der Waals surface area contributed by atoms with E-state index in [9.17, 15) is 18.0 Å². The van der Waals surface area contributed by atoms with Crippen molar-refractivity contribution in [2.75, 3.05) is 5.32 Å². The monoisotopic (exact) mass is 259 g/mol. The zero-order valence-electron chi connectivity index (χ0n) is 8.94. The number of hydrogen-bond donors (Lipinski definition) is 1. The molecule has 0 radical (unpaired) electrons. The second-order valence-corrected chi connectivity index (χ2v) is 3.47. The zero-order chi connectivity index (χ0) is 13.2. The Kier molecular flexibility index (Phi) is 3.09. The molecule has 0 saturated carbocycles. The van der Waals surface area contributed by atoms with E-state index in [0.29, 0.717) is 4.68 Å². The number of nitrogens with one attached hydrogen (secondary N) is 1. The fourth-order valence-corrected chi connectivity index (χ4v) is 1.30. The van der Waals surface area contributed by atoms with Crippen LogP contribution in [0.1, 0.15) is 10.6 Å². The van der Waals surface area contributed by atoms with E-state index in [1.54, 1.807) is 0 Å². The number of hydrogen-bond acceptors (Lipinski definition) is 3. The quantitative estimate of drug-likeness (QED) is 0.919. The third-order valence-electron chi connectivity index (χ3n) is 1.98. The summed E-state index contributed by atoms with van der Waals surface area (Å²) in [4.78, 5) is 11.5. The summed E-state index contributed by atoms with van der Waals surface area (Å²) in [5.74, 6) is -0.481. The smallest absolute Gasteiger partial charge is 0.408 e. The van der Waals surface area contributed by atoms with Crippen LogP contribution in [0.2, 0.25) is 0 Å². The fraction of sp³-hybridized carbons (Fsp3) is 0.200. The van der Waals surface area contributed by atoms with Gasteiger partial charge in [-0.15, -0.1) is 0 Å². The van der Waals surface area contributed by atoms with Crippen LogP contribution < -0.4 is 5.32 Å². The number of carbonyl (C=O) groups excluding carboxylic acids is 1. The maximum atomic E-state index is 12.1. The second-order valence-electron chi connectivity index (χ2n) is 3.47. The van der Waals surface area contributed by atoms with E-state index < -0.39 is 18.6 Å². The minimum atomic E-state index is -4.35. The summed E-state index contributed by atoms with van der Waals surface area (Å²) in [6.45, 7) is -1.20. The Bertz CT molecular complexity index is 531. The molecule has 0 aromatic carbocycles. The van der Waals surface area contributed by atoms with E-state index in [1.807, 2.05) is 0 Å². The zero-order valence-corrected chi connectivity index (χ0v) is 8.94. The Morgan fingerprint density at radius 3 is 2.89 bits per heavy atom. The molecule has 2 rings (SSSR count). The Balaban J connectivity index is 2.01. The molecule has 0 aliphatic carbocycles. The van der Waals surface area contributed by atoms with Crippen molar-refractivity contribution >= 4 is 11.6 Å². The van der Waals surface area contributed by atoms with Crippen molar-refractivity contribution in [2.24, 2.45) is 0 Å². The Morgan fingerprint density at radius 2 is 2.28 bits per heavy atom. The number of amides is 1. The van der Waals surface area contributed by atoms with Crippen molar-refractivity contribution in [3.8, 4) is 0 Å². The summed E-state index contributed by atoms with van der Waals surface area (Å²) < 4.78 is 41.7. The van der Waals surface area contributed by atoms with Crippen molar-refractivity contribution in [1.29, 1.82) is 0 Å². The summed E-state index contributed by atoms with van der Waals surface area (Å²) in [6, 6.07) is 2.97. The molecule has 2 aromatic rings. The number of nitrogens with zero attached hydrogens (tertiary/aromatic N) is 2. The van der Waals surface area contributed by atoms with Gasteiger partial charge in [0.25, 0.3) is 5.91 Å². The molecule has 0 fully saturated rings. The molecule has 0 aliphatic rings. The highest BCUT2D eigenvalue weighted by Gasteiger charge is 2.28. The van der Waals surface area contributed by atoms with Crippen LogP contribution in [0, 0.1) is 0 Å². The number of anilines is 1. The molecular formula is C10H8F3N3O2. The predicted molar refractivity (Wildman–Crippen MR) is 54.9 cm³/mol. The number of rotatable bonds is 3. The van der Waals surface area contributed by atoms with E-state index in [0.717, 1.165) is 12.4 Å². The summed E-state index contributed by atoms with van der Waals surface area (Å²) >= 11 is 0. The number of aromatic nitrogens is 2. The van der Waals surface area contributed by atoms with Crippen molar-refractivity contribution < 1.29 is 22.4 Å². The number of carbonyl (C=O) groups is 1. The normalized spacial score (nSPS) is 11.5. The van der Waals surface area contributed by atoms with E-state index in [1.165, 1.54) is 18.4 Å². The molecule has 2 heterocycles. The second kappa shape index (κ2) is 4.55. The van der Waals surface area contributed by atoms with Gasteiger partial charge in [-0.2, -0.15) is 18.3 Å². The summed E-state index contributed by atoms with van der Waals surface area (Å²) in [5.41, 5.74) is 0.167. The van der Waals surface area contributed by atoms with Gasteiger partial charge in [0.2, 0.25) is 0 Å². The molecule has 1 amide bonds. The van der Waals surface area contributed by atoms with Gasteiger partial charge in [-0.3, -0.25) is 9.48 Å². The first-order valence-corrected chi connectivity index (χ1v) is 4.88. The van der Waals surface area contributed by atoms with Gasteiger partial charge in [0.05, 0.1) is 18.1 Å². The largest absolute Gasteiger partial charge is 0.459 e. The van der Waals surface area contributed by atoms with Crippen LogP contribution >= 0.6 is 0 Å². The third kappa shape index (κ3) is 3.12. The molecule has 18 heavy (non-hydrogen) atoms. The van der Waals surface area contributed by atoms with E-state index in [4.69, 9.17) is 4.42 Å². The first-order valence-electron chi connectivity index (χ1n) is 4.88. The van der Waals surface area contributed by atoms with Crippen molar-refractivity contribution in [2.45, 2.75) is 12.7 Å². The van der Waals surface area contributed by atoms with Crippen LogP contribution in [-0.2, 0) is 6.54 Å². The maximum Gasteiger partial charge on any atom is 0.408 e. The van der Waals surface area contributed by atoms with Gasteiger partial charge in [0, 0.05) is 6.20 Å². The van der Waals surface area contributed by atoms with Gasteiger partial charge in [0.1, 0.15) is 6.54 Å². The molecule has 96 valence electrons. The van der Waals surface area contributed by atoms with Gasteiger partial charge in [0.15, 0.2) is 5.76 Å². The van der Waals surface area contributed by atoms with Crippen LogP contribution in [0.3, 0.4) is 0 Å².